The molecule has 0 aromatic rings. The minimum absolute atomic E-state index is 0. The molecular weight excluding hydrogens is 202 g/mol. The summed E-state index contributed by atoms with van der Waals surface area (Å²) in [4.78, 5) is 0. The van der Waals surface area contributed by atoms with Crippen molar-refractivity contribution in [3.63, 3.8) is 0 Å². The molecule has 0 saturated heterocycles. The first kappa shape index (κ1) is 14.0. The minimum atomic E-state index is -2.23. The smallest absolute Gasteiger partial charge is 0.772 e. The van der Waals surface area contributed by atoms with Crippen LogP contribution in [0.3, 0.4) is 0 Å². The van der Waals surface area contributed by atoms with E-state index in [-0.39, 0.29) is 29.6 Å². The fourth-order valence-electron chi connectivity index (χ4n) is 1.62. The topological polar surface area (TPSA) is 40.1 Å². The second-order valence-corrected chi connectivity index (χ2v) is 4.43. The van der Waals surface area contributed by atoms with Gasteiger partial charge in [0.05, 0.1) is 5.25 Å². The van der Waals surface area contributed by atoms with E-state index in [2.05, 4.69) is 0 Å². The number of hydrogen-bond acceptors (Lipinski definition) is 2. The second-order valence-electron chi connectivity index (χ2n) is 3.31. The molecule has 1 saturated carbocycles. The molecule has 5 heteroatoms. The number of hydrogen-bond donors (Lipinski definition) is 0. The van der Waals surface area contributed by atoms with Gasteiger partial charge in [0.25, 0.3) is 0 Å². The quantitative estimate of drug-likeness (QED) is 0.413. The molecule has 0 heterocycles. The molecule has 0 radical (unpaired) electrons. The van der Waals surface area contributed by atoms with Gasteiger partial charge < -0.3 is 4.55 Å². The number of rotatable bonds is 1. The third-order valence-electron chi connectivity index (χ3n) is 2.37. The van der Waals surface area contributed by atoms with Crippen molar-refractivity contribution in [3.05, 3.63) is 0 Å². The maximum absolute atomic E-state index is 13.1. The summed E-state index contributed by atoms with van der Waals surface area (Å²) < 4.78 is 34.3. The summed E-state index contributed by atoms with van der Waals surface area (Å²) >= 11 is -2.23. The zero-order chi connectivity index (χ0) is 8.97. The van der Waals surface area contributed by atoms with E-state index in [1.807, 2.05) is 0 Å². The molecule has 0 spiro atoms. The van der Waals surface area contributed by atoms with E-state index >= 15 is 0 Å². The van der Waals surface area contributed by atoms with Crippen LogP contribution in [-0.2, 0) is 11.1 Å². The van der Waals surface area contributed by atoms with Gasteiger partial charge in [0.2, 0.25) is 0 Å². The van der Waals surface area contributed by atoms with E-state index in [1.54, 1.807) is 0 Å². The average Bonchev–Trinajstić information content (AvgIpc) is 1.96. The third kappa shape index (κ3) is 4.88. The van der Waals surface area contributed by atoms with Gasteiger partial charge in [-0.3, -0.25) is 4.21 Å². The van der Waals surface area contributed by atoms with Crippen LogP contribution in [0.2, 0.25) is 0 Å². The van der Waals surface area contributed by atoms with Gasteiger partial charge in [0, 0.05) is 0 Å². The zero-order valence-corrected chi connectivity index (χ0v) is 10.8. The van der Waals surface area contributed by atoms with Gasteiger partial charge in [0.1, 0.15) is 6.17 Å². The van der Waals surface area contributed by atoms with E-state index in [4.69, 9.17) is 0 Å². The second kappa shape index (κ2) is 7.35. The Morgan fingerprint density at radius 3 is 2.23 bits per heavy atom. The van der Waals surface area contributed by atoms with Crippen molar-refractivity contribution < 1.29 is 42.7 Å². The summed E-state index contributed by atoms with van der Waals surface area (Å²) in [6.45, 7) is 0. The van der Waals surface area contributed by atoms with Crippen LogP contribution in [0.15, 0.2) is 0 Å². The first-order chi connectivity index (χ1) is 5.72. The van der Waals surface area contributed by atoms with Crippen LogP contribution in [0.25, 0.3) is 0 Å². The van der Waals surface area contributed by atoms with Gasteiger partial charge in [-0.25, -0.2) is 4.39 Å². The zero-order valence-electron chi connectivity index (χ0n) is 8.00. The van der Waals surface area contributed by atoms with Crippen LogP contribution in [-0.4, -0.2) is 20.2 Å². The predicted octanol–water partition coefficient (Wildman–Crippen LogP) is -1.07. The molecule has 0 aromatic heterocycles. The van der Waals surface area contributed by atoms with Crippen molar-refractivity contribution in [1.29, 1.82) is 0 Å². The summed E-state index contributed by atoms with van der Waals surface area (Å²) in [5, 5.41) is -0.745. The summed E-state index contributed by atoms with van der Waals surface area (Å²) in [5.41, 5.74) is 0. The van der Waals surface area contributed by atoms with Crippen LogP contribution in [0.5, 0.6) is 0 Å². The van der Waals surface area contributed by atoms with Gasteiger partial charge in [-0.05, 0) is 23.9 Å². The first-order valence-electron chi connectivity index (χ1n) is 4.44. The Kier molecular flexibility index (Phi) is 7.93. The SMILES string of the molecule is O=S([O-])C1CCCCCCC1F.[Na+]. The molecule has 0 bridgehead atoms. The van der Waals surface area contributed by atoms with Crippen LogP contribution in [0, 0.1) is 0 Å². The van der Waals surface area contributed by atoms with E-state index < -0.39 is 22.5 Å². The molecule has 3 atom stereocenters. The van der Waals surface area contributed by atoms with Crippen molar-refractivity contribution in [2.45, 2.75) is 49.9 Å². The van der Waals surface area contributed by atoms with E-state index in [1.165, 1.54) is 0 Å². The summed E-state index contributed by atoms with van der Waals surface area (Å²) in [5.74, 6) is 0. The summed E-state index contributed by atoms with van der Waals surface area (Å²) in [7, 11) is 0. The van der Waals surface area contributed by atoms with Crippen molar-refractivity contribution in [2.75, 3.05) is 0 Å². The van der Waals surface area contributed by atoms with E-state index in [0.717, 1.165) is 25.7 Å². The first-order valence-corrected chi connectivity index (χ1v) is 5.58. The monoisotopic (exact) mass is 216 g/mol. The van der Waals surface area contributed by atoms with Crippen molar-refractivity contribution in [3.8, 4) is 0 Å². The van der Waals surface area contributed by atoms with Crippen molar-refractivity contribution in [2.24, 2.45) is 0 Å². The van der Waals surface area contributed by atoms with Crippen LogP contribution < -0.4 is 29.6 Å². The molecule has 1 rings (SSSR count). The maximum Gasteiger partial charge on any atom is 1.00 e. The molecular formula is C8H14FNaO2S. The largest absolute Gasteiger partial charge is 1.00 e. The van der Waals surface area contributed by atoms with Gasteiger partial charge in [-0.15, -0.1) is 0 Å². The van der Waals surface area contributed by atoms with E-state index in [0.29, 0.717) is 12.8 Å². The molecule has 1 aliphatic rings. The van der Waals surface area contributed by atoms with Crippen LogP contribution >= 0.6 is 0 Å². The Balaban J connectivity index is 0.00000144. The Bertz CT molecular complexity index is 168. The molecule has 3 unspecified atom stereocenters. The van der Waals surface area contributed by atoms with E-state index in [9.17, 15) is 13.2 Å². The molecule has 0 N–H and O–H groups in total. The third-order valence-corrected chi connectivity index (χ3v) is 3.39. The number of alkyl halides is 1. The summed E-state index contributed by atoms with van der Waals surface area (Å²) in [6.07, 6.45) is 3.53. The fourth-order valence-corrected chi connectivity index (χ4v) is 2.36. The van der Waals surface area contributed by atoms with Crippen LogP contribution in [0.1, 0.15) is 38.5 Å². The molecule has 1 fully saturated rings. The van der Waals surface area contributed by atoms with Gasteiger partial charge in [-0.2, -0.15) is 0 Å². The molecule has 0 amide bonds. The molecule has 2 nitrogen and oxygen atoms in total. The standard InChI is InChI=1S/C8H15FO2S.Na/c9-7-5-3-1-2-4-6-8(7)12(10)11;/h7-8H,1-6H2,(H,10,11);/q;+1/p-1. The maximum atomic E-state index is 13.1. The molecule has 0 aliphatic heterocycles. The Morgan fingerprint density at radius 2 is 1.69 bits per heavy atom. The van der Waals surface area contributed by atoms with Gasteiger partial charge in [0.15, 0.2) is 0 Å². The Hall–Kier alpha value is 1.04. The Morgan fingerprint density at radius 1 is 1.15 bits per heavy atom. The minimum Gasteiger partial charge on any atom is -0.772 e. The average molecular weight is 216 g/mol. The molecule has 1 aliphatic carbocycles. The normalized spacial score (nSPS) is 32.5. The van der Waals surface area contributed by atoms with Gasteiger partial charge in [-0.1, -0.05) is 25.7 Å². The number of halogens is 1. The summed E-state index contributed by atoms with van der Waals surface area (Å²) in [6, 6.07) is 0. The molecule has 0 aromatic carbocycles. The fraction of sp³-hybridized carbons (Fsp3) is 1.00. The van der Waals surface area contributed by atoms with Crippen molar-refractivity contribution >= 4 is 11.1 Å². The molecule has 72 valence electrons. The van der Waals surface area contributed by atoms with Crippen molar-refractivity contribution in [1.82, 2.24) is 0 Å². The van der Waals surface area contributed by atoms with Gasteiger partial charge >= 0.3 is 29.6 Å². The van der Waals surface area contributed by atoms with Crippen LogP contribution in [0.4, 0.5) is 4.39 Å². The predicted molar refractivity (Wildman–Crippen MR) is 45.3 cm³/mol. The molecule has 13 heavy (non-hydrogen) atoms. The Labute approximate surface area is 103 Å².